The number of aliphatic carboxylic acids is 1. The van der Waals surface area contributed by atoms with E-state index in [1.54, 1.807) is 6.92 Å². The molecule has 0 aliphatic carbocycles. The molecule has 0 saturated carbocycles. The summed E-state index contributed by atoms with van der Waals surface area (Å²) in [5.74, 6) is 0.950. The first-order chi connectivity index (χ1) is 9.08. The molecule has 104 valence electrons. The maximum atomic E-state index is 12.0. The van der Waals surface area contributed by atoms with Crippen molar-refractivity contribution in [3.8, 4) is 0 Å². The van der Waals surface area contributed by atoms with Crippen LogP contribution in [0.3, 0.4) is 0 Å². The largest absolute Gasteiger partial charge is 0.481 e. The van der Waals surface area contributed by atoms with Gasteiger partial charge in [0.05, 0.1) is 5.25 Å². The molecule has 2 rings (SSSR count). The lowest BCUT2D eigenvalue weighted by molar-refractivity contribution is -0.136. The summed E-state index contributed by atoms with van der Waals surface area (Å²) in [5.41, 5.74) is 0.966. The van der Waals surface area contributed by atoms with Crippen molar-refractivity contribution in [3.05, 3.63) is 27.4 Å². The molecule has 0 radical (unpaired) electrons. The van der Waals surface area contributed by atoms with E-state index in [-0.39, 0.29) is 23.7 Å². The molecule has 0 amide bonds. The molecule has 6 heteroatoms. The molecule has 1 fully saturated rings. The fourth-order valence-corrected chi connectivity index (χ4v) is 3.53. The van der Waals surface area contributed by atoms with Gasteiger partial charge in [-0.05, 0) is 31.9 Å². The lowest BCUT2D eigenvalue weighted by Crippen LogP contribution is -2.21. The number of aryl methyl sites for hydroxylation is 1. The molecule has 19 heavy (non-hydrogen) atoms. The Balaban J connectivity index is 2.20. The van der Waals surface area contributed by atoms with Crippen molar-refractivity contribution < 1.29 is 9.90 Å². The fraction of sp³-hybridized carbons (Fsp3) is 0.615. The zero-order valence-corrected chi connectivity index (χ0v) is 11.8. The molecule has 1 atom stereocenters. The summed E-state index contributed by atoms with van der Waals surface area (Å²) in [6, 6.07) is 0. The summed E-state index contributed by atoms with van der Waals surface area (Å²) in [5, 5.41) is 8.95. The van der Waals surface area contributed by atoms with E-state index in [0.717, 1.165) is 18.0 Å². The van der Waals surface area contributed by atoms with Crippen LogP contribution in [-0.4, -0.2) is 26.8 Å². The molecule has 1 aliphatic rings. The van der Waals surface area contributed by atoms with Gasteiger partial charge in [-0.2, -0.15) is 11.8 Å². The summed E-state index contributed by atoms with van der Waals surface area (Å²) in [7, 11) is 0. The molecule has 2 N–H and O–H groups in total. The van der Waals surface area contributed by atoms with E-state index < -0.39 is 5.97 Å². The Hall–Kier alpha value is -1.30. The highest BCUT2D eigenvalue weighted by Gasteiger charge is 2.20. The Morgan fingerprint density at radius 2 is 2.32 bits per heavy atom. The Morgan fingerprint density at radius 1 is 1.53 bits per heavy atom. The first-order valence-electron chi connectivity index (χ1n) is 6.51. The zero-order valence-electron chi connectivity index (χ0n) is 10.9. The molecule has 0 aromatic carbocycles. The minimum Gasteiger partial charge on any atom is -0.481 e. The van der Waals surface area contributed by atoms with Crippen molar-refractivity contribution in [2.24, 2.45) is 0 Å². The second-order valence-corrected chi connectivity index (χ2v) is 6.07. The molecule has 0 spiro atoms. The van der Waals surface area contributed by atoms with Crippen LogP contribution < -0.4 is 5.56 Å². The number of thioether (sulfide) groups is 1. The Bertz CT molecular complexity index is 521. The van der Waals surface area contributed by atoms with Gasteiger partial charge in [0.15, 0.2) is 0 Å². The minimum absolute atomic E-state index is 0.0386. The average Bonchev–Trinajstić information content (AvgIpc) is 2.38. The third-order valence-corrected chi connectivity index (χ3v) is 4.70. The topological polar surface area (TPSA) is 83.0 Å². The molecule has 1 saturated heterocycles. The van der Waals surface area contributed by atoms with E-state index in [1.807, 2.05) is 11.8 Å². The number of aromatic amines is 1. The highest BCUT2D eigenvalue weighted by atomic mass is 32.2. The quantitative estimate of drug-likeness (QED) is 0.883. The van der Waals surface area contributed by atoms with Gasteiger partial charge in [0.1, 0.15) is 5.82 Å². The molecule has 5 nitrogen and oxygen atoms in total. The molecule has 1 aromatic rings. The van der Waals surface area contributed by atoms with Gasteiger partial charge in [-0.3, -0.25) is 9.59 Å². The molecule has 1 aliphatic heterocycles. The second-order valence-electron chi connectivity index (χ2n) is 4.76. The Labute approximate surface area is 115 Å². The number of carbonyl (C=O) groups is 1. The SMILES string of the molecule is Cc1nc(C2CCCCS2)[nH]c(=O)c1CCC(=O)O. The summed E-state index contributed by atoms with van der Waals surface area (Å²) < 4.78 is 0. The molecular weight excluding hydrogens is 264 g/mol. The second kappa shape index (κ2) is 6.23. The van der Waals surface area contributed by atoms with Crippen LogP contribution in [0.2, 0.25) is 0 Å². The number of hydrogen-bond acceptors (Lipinski definition) is 4. The van der Waals surface area contributed by atoms with Gasteiger partial charge >= 0.3 is 5.97 Å². The van der Waals surface area contributed by atoms with E-state index in [0.29, 0.717) is 11.3 Å². The number of rotatable bonds is 4. The fourth-order valence-electron chi connectivity index (χ4n) is 2.27. The predicted octanol–water partition coefficient (Wildman–Crippen LogP) is 2.05. The normalized spacial score (nSPS) is 19.3. The van der Waals surface area contributed by atoms with E-state index in [4.69, 9.17) is 5.11 Å². The van der Waals surface area contributed by atoms with Crippen LogP contribution in [0.4, 0.5) is 0 Å². The number of hydrogen-bond donors (Lipinski definition) is 2. The van der Waals surface area contributed by atoms with Crippen LogP contribution in [0.15, 0.2) is 4.79 Å². The van der Waals surface area contributed by atoms with Crippen LogP contribution in [0.25, 0.3) is 0 Å². The number of aromatic nitrogens is 2. The average molecular weight is 282 g/mol. The summed E-state index contributed by atoms with van der Waals surface area (Å²) in [4.78, 5) is 29.9. The Morgan fingerprint density at radius 3 is 2.89 bits per heavy atom. The number of H-pyrrole nitrogens is 1. The molecular formula is C13H18N2O3S. The van der Waals surface area contributed by atoms with Gasteiger partial charge in [0, 0.05) is 17.7 Å². The van der Waals surface area contributed by atoms with Crippen molar-refractivity contribution in [1.82, 2.24) is 9.97 Å². The highest BCUT2D eigenvalue weighted by Crippen LogP contribution is 2.36. The van der Waals surface area contributed by atoms with Gasteiger partial charge in [-0.15, -0.1) is 0 Å². The van der Waals surface area contributed by atoms with Crippen molar-refractivity contribution in [2.75, 3.05) is 5.75 Å². The molecule has 1 unspecified atom stereocenters. The molecule has 2 heterocycles. The van der Waals surface area contributed by atoms with E-state index in [1.165, 1.54) is 12.8 Å². The number of carboxylic acids is 1. The summed E-state index contributed by atoms with van der Waals surface area (Å²) in [6.07, 6.45) is 3.63. The zero-order chi connectivity index (χ0) is 13.8. The van der Waals surface area contributed by atoms with E-state index >= 15 is 0 Å². The third kappa shape index (κ3) is 3.59. The number of nitrogens with zero attached hydrogens (tertiary/aromatic N) is 1. The van der Waals surface area contributed by atoms with Gasteiger partial charge in [0.25, 0.3) is 5.56 Å². The summed E-state index contributed by atoms with van der Waals surface area (Å²) >= 11 is 1.83. The Kier molecular flexibility index (Phi) is 4.63. The van der Waals surface area contributed by atoms with Crippen LogP contribution in [0, 0.1) is 6.92 Å². The minimum atomic E-state index is -0.897. The van der Waals surface area contributed by atoms with Gasteiger partial charge in [-0.1, -0.05) is 6.42 Å². The summed E-state index contributed by atoms with van der Waals surface area (Å²) in [6.45, 7) is 1.78. The number of nitrogens with one attached hydrogen (secondary N) is 1. The standard InChI is InChI=1S/C13H18N2O3S/c1-8-9(5-6-11(16)17)13(18)15-12(14-8)10-4-2-3-7-19-10/h10H,2-7H2,1H3,(H,16,17)(H,14,15,18). The first-order valence-corrected chi connectivity index (χ1v) is 7.56. The van der Waals surface area contributed by atoms with Crippen molar-refractivity contribution in [1.29, 1.82) is 0 Å². The predicted molar refractivity (Wildman–Crippen MR) is 74.6 cm³/mol. The monoisotopic (exact) mass is 282 g/mol. The lowest BCUT2D eigenvalue weighted by Gasteiger charge is -2.20. The van der Waals surface area contributed by atoms with Crippen LogP contribution in [0.1, 0.15) is 48.0 Å². The first kappa shape index (κ1) is 14.1. The van der Waals surface area contributed by atoms with Crippen LogP contribution >= 0.6 is 11.8 Å². The lowest BCUT2D eigenvalue weighted by atomic mass is 10.1. The van der Waals surface area contributed by atoms with E-state index in [2.05, 4.69) is 9.97 Å². The number of carboxylic acid groups (broad SMARTS) is 1. The third-order valence-electron chi connectivity index (χ3n) is 3.31. The smallest absolute Gasteiger partial charge is 0.303 e. The maximum absolute atomic E-state index is 12.0. The van der Waals surface area contributed by atoms with Gasteiger partial charge in [-0.25, -0.2) is 4.98 Å². The van der Waals surface area contributed by atoms with Crippen molar-refractivity contribution in [2.45, 2.75) is 44.3 Å². The van der Waals surface area contributed by atoms with Gasteiger partial charge < -0.3 is 10.1 Å². The van der Waals surface area contributed by atoms with E-state index in [9.17, 15) is 9.59 Å². The maximum Gasteiger partial charge on any atom is 0.303 e. The molecule has 1 aromatic heterocycles. The van der Waals surface area contributed by atoms with Crippen LogP contribution in [0.5, 0.6) is 0 Å². The van der Waals surface area contributed by atoms with Crippen molar-refractivity contribution in [3.63, 3.8) is 0 Å². The van der Waals surface area contributed by atoms with Gasteiger partial charge in [0.2, 0.25) is 0 Å². The molecule has 0 bridgehead atoms. The highest BCUT2D eigenvalue weighted by molar-refractivity contribution is 7.99. The van der Waals surface area contributed by atoms with Crippen molar-refractivity contribution >= 4 is 17.7 Å². The van der Waals surface area contributed by atoms with Crippen LogP contribution in [-0.2, 0) is 11.2 Å².